The molecular weight excluding hydrogens is 366 g/mol. The van der Waals surface area contributed by atoms with Crippen LogP contribution in [-0.2, 0) is 6.54 Å². The fourth-order valence-corrected chi connectivity index (χ4v) is 3.21. The zero-order chi connectivity index (χ0) is 20.1. The molecule has 0 unspecified atom stereocenters. The minimum atomic E-state index is -0.0952. The Morgan fingerprint density at radius 1 is 1.00 bits per heavy atom. The number of rotatable bonds is 6. The van der Waals surface area contributed by atoms with Crippen molar-refractivity contribution in [1.29, 1.82) is 0 Å². The van der Waals surface area contributed by atoms with Crippen molar-refractivity contribution in [2.75, 3.05) is 25.1 Å². The second kappa shape index (κ2) is 8.65. The zero-order valence-corrected chi connectivity index (χ0v) is 16.3. The van der Waals surface area contributed by atoms with Gasteiger partial charge in [-0.15, -0.1) is 0 Å². The van der Waals surface area contributed by atoms with E-state index in [1.807, 2.05) is 61.5 Å². The fraction of sp³-hybridized carbons (Fsp3) is 0.217. The lowest BCUT2D eigenvalue weighted by Gasteiger charge is -2.21. The summed E-state index contributed by atoms with van der Waals surface area (Å²) in [7, 11) is 0. The van der Waals surface area contributed by atoms with Crippen molar-refractivity contribution in [3.8, 4) is 11.5 Å². The van der Waals surface area contributed by atoms with Gasteiger partial charge < -0.3 is 19.7 Å². The molecule has 0 saturated heterocycles. The number of ether oxygens (including phenoxy) is 2. The standard InChI is InChI=1S/C23H23N3O3/c1-2-26(16-17-6-4-3-5-7-17)23(27)20-14-19(10-11-24-20)25-18-8-9-21-22(15-18)29-13-12-28-21/h3-11,14-15H,2,12-13,16H2,1H3,(H,24,25). The normalized spacial score (nSPS) is 12.3. The predicted octanol–water partition coefficient (Wildman–Crippen LogP) is 4.26. The topological polar surface area (TPSA) is 63.7 Å². The molecule has 0 atom stereocenters. The van der Waals surface area contributed by atoms with Gasteiger partial charge in [0.2, 0.25) is 0 Å². The number of amides is 1. The summed E-state index contributed by atoms with van der Waals surface area (Å²) >= 11 is 0. The highest BCUT2D eigenvalue weighted by Crippen LogP contribution is 2.33. The number of hydrogen-bond donors (Lipinski definition) is 1. The van der Waals surface area contributed by atoms with E-state index < -0.39 is 0 Å². The van der Waals surface area contributed by atoms with E-state index in [1.54, 1.807) is 17.2 Å². The van der Waals surface area contributed by atoms with Crippen molar-refractivity contribution in [2.24, 2.45) is 0 Å². The average molecular weight is 389 g/mol. The molecule has 0 bridgehead atoms. The molecule has 1 aliphatic heterocycles. The number of nitrogens with one attached hydrogen (secondary N) is 1. The van der Waals surface area contributed by atoms with Gasteiger partial charge in [-0.1, -0.05) is 30.3 Å². The summed E-state index contributed by atoms with van der Waals surface area (Å²) in [6.45, 7) is 4.23. The zero-order valence-electron chi connectivity index (χ0n) is 16.3. The summed E-state index contributed by atoms with van der Waals surface area (Å²) in [6.07, 6.45) is 1.64. The van der Waals surface area contributed by atoms with Gasteiger partial charge >= 0.3 is 0 Å². The highest BCUT2D eigenvalue weighted by Gasteiger charge is 2.17. The Hall–Kier alpha value is -3.54. The van der Waals surface area contributed by atoms with Crippen LogP contribution in [0, 0.1) is 0 Å². The van der Waals surface area contributed by atoms with Crippen LogP contribution in [0.5, 0.6) is 11.5 Å². The molecule has 1 amide bonds. The van der Waals surface area contributed by atoms with Crippen LogP contribution in [0.25, 0.3) is 0 Å². The van der Waals surface area contributed by atoms with Crippen molar-refractivity contribution in [2.45, 2.75) is 13.5 Å². The van der Waals surface area contributed by atoms with Gasteiger partial charge in [-0.25, -0.2) is 0 Å². The summed E-state index contributed by atoms with van der Waals surface area (Å²) in [6, 6.07) is 19.3. The van der Waals surface area contributed by atoms with E-state index in [9.17, 15) is 4.79 Å². The predicted molar refractivity (Wildman–Crippen MR) is 112 cm³/mol. The van der Waals surface area contributed by atoms with Crippen molar-refractivity contribution >= 4 is 17.3 Å². The Balaban J connectivity index is 1.49. The van der Waals surface area contributed by atoms with Crippen molar-refractivity contribution in [3.63, 3.8) is 0 Å². The molecule has 29 heavy (non-hydrogen) atoms. The monoisotopic (exact) mass is 389 g/mol. The van der Waals surface area contributed by atoms with Crippen LogP contribution in [0.3, 0.4) is 0 Å². The summed E-state index contributed by atoms with van der Waals surface area (Å²) in [5.74, 6) is 1.36. The molecule has 0 fully saturated rings. The van der Waals surface area contributed by atoms with Gasteiger partial charge in [0.05, 0.1) is 0 Å². The molecule has 0 spiro atoms. The van der Waals surface area contributed by atoms with Gasteiger partial charge in [-0.05, 0) is 36.8 Å². The smallest absolute Gasteiger partial charge is 0.272 e. The number of pyridine rings is 1. The van der Waals surface area contributed by atoms with Crippen molar-refractivity contribution in [3.05, 3.63) is 78.1 Å². The lowest BCUT2D eigenvalue weighted by molar-refractivity contribution is 0.0746. The van der Waals surface area contributed by atoms with Crippen molar-refractivity contribution in [1.82, 2.24) is 9.88 Å². The summed E-state index contributed by atoms with van der Waals surface area (Å²) < 4.78 is 11.2. The molecule has 6 nitrogen and oxygen atoms in total. The number of carbonyl (C=O) groups is 1. The highest BCUT2D eigenvalue weighted by molar-refractivity contribution is 5.93. The number of anilines is 2. The highest BCUT2D eigenvalue weighted by atomic mass is 16.6. The maximum absolute atomic E-state index is 13.0. The molecule has 2 heterocycles. The van der Waals surface area contributed by atoms with E-state index in [4.69, 9.17) is 9.47 Å². The van der Waals surface area contributed by atoms with Crippen LogP contribution in [-0.4, -0.2) is 35.5 Å². The summed E-state index contributed by atoms with van der Waals surface area (Å²) in [4.78, 5) is 19.0. The lowest BCUT2D eigenvalue weighted by Crippen LogP contribution is -2.31. The lowest BCUT2D eigenvalue weighted by atomic mass is 10.2. The number of benzene rings is 2. The van der Waals surface area contributed by atoms with E-state index in [0.29, 0.717) is 37.7 Å². The molecule has 2 aromatic carbocycles. The molecule has 0 radical (unpaired) electrons. The van der Waals surface area contributed by atoms with Crippen LogP contribution in [0.1, 0.15) is 23.0 Å². The fourth-order valence-electron chi connectivity index (χ4n) is 3.21. The molecule has 1 aromatic heterocycles. The Labute approximate surface area is 170 Å². The molecule has 148 valence electrons. The maximum Gasteiger partial charge on any atom is 0.272 e. The van der Waals surface area contributed by atoms with Gasteiger partial charge in [0.25, 0.3) is 5.91 Å². The molecule has 3 aromatic rings. The first-order chi connectivity index (χ1) is 14.2. The van der Waals surface area contributed by atoms with Gasteiger partial charge in [-0.2, -0.15) is 0 Å². The summed E-state index contributed by atoms with van der Waals surface area (Å²) in [5, 5.41) is 3.31. The van der Waals surface area contributed by atoms with E-state index >= 15 is 0 Å². The Morgan fingerprint density at radius 2 is 1.76 bits per heavy atom. The third kappa shape index (κ3) is 4.48. The Morgan fingerprint density at radius 3 is 2.55 bits per heavy atom. The first-order valence-corrected chi connectivity index (χ1v) is 9.69. The van der Waals surface area contributed by atoms with E-state index in [0.717, 1.165) is 22.7 Å². The number of carbonyl (C=O) groups excluding carboxylic acids is 1. The first-order valence-electron chi connectivity index (χ1n) is 9.69. The van der Waals surface area contributed by atoms with Crippen LogP contribution >= 0.6 is 0 Å². The van der Waals surface area contributed by atoms with Crippen LogP contribution in [0.15, 0.2) is 66.9 Å². The Bertz CT molecular complexity index is 992. The SMILES string of the molecule is CCN(Cc1ccccc1)C(=O)c1cc(Nc2ccc3c(c2)OCCO3)ccn1. The second-order valence-corrected chi connectivity index (χ2v) is 6.72. The van der Waals surface area contributed by atoms with Crippen LogP contribution < -0.4 is 14.8 Å². The second-order valence-electron chi connectivity index (χ2n) is 6.72. The molecule has 4 rings (SSSR count). The van der Waals surface area contributed by atoms with Gasteiger partial charge in [0.1, 0.15) is 18.9 Å². The molecule has 6 heteroatoms. The molecule has 1 aliphatic rings. The minimum absolute atomic E-state index is 0.0952. The number of aromatic nitrogens is 1. The van der Waals surface area contributed by atoms with Gasteiger partial charge in [0, 0.05) is 36.7 Å². The quantitative estimate of drug-likeness (QED) is 0.683. The van der Waals surface area contributed by atoms with Gasteiger partial charge in [-0.3, -0.25) is 9.78 Å². The molecule has 0 aliphatic carbocycles. The van der Waals surface area contributed by atoms with Crippen molar-refractivity contribution < 1.29 is 14.3 Å². The number of fused-ring (bicyclic) bond motifs is 1. The van der Waals surface area contributed by atoms with Gasteiger partial charge in [0.15, 0.2) is 11.5 Å². The third-order valence-electron chi connectivity index (χ3n) is 4.70. The molecule has 0 saturated carbocycles. The van der Waals surface area contributed by atoms with Crippen LogP contribution in [0.2, 0.25) is 0 Å². The van der Waals surface area contributed by atoms with E-state index in [-0.39, 0.29) is 5.91 Å². The minimum Gasteiger partial charge on any atom is -0.486 e. The van der Waals surface area contributed by atoms with E-state index in [2.05, 4.69) is 10.3 Å². The first kappa shape index (κ1) is 18.8. The Kier molecular flexibility index (Phi) is 5.61. The number of hydrogen-bond acceptors (Lipinski definition) is 5. The largest absolute Gasteiger partial charge is 0.486 e. The summed E-state index contributed by atoms with van der Waals surface area (Å²) in [5.41, 5.74) is 3.14. The number of nitrogens with zero attached hydrogens (tertiary/aromatic N) is 2. The maximum atomic E-state index is 13.0. The van der Waals surface area contributed by atoms with Crippen LogP contribution in [0.4, 0.5) is 11.4 Å². The average Bonchev–Trinajstić information content (AvgIpc) is 2.78. The molecular formula is C23H23N3O3. The molecule has 1 N–H and O–H groups in total. The van der Waals surface area contributed by atoms with E-state index in [1.165, 1.54) is 0 Å². The third-order valence-corrected chi connectivity index (χ3v) is 4.70.